The van der Waals surface area contributed by atoms with Crippen molar-refractivity contribution >= 4 is 38.2 Å². The van der Waals surface area contributed by atoms with E-state index in [1.807, 2.05) is 47.5 Å². The van der Waals surface area contributed by atoms with Crippen LogP contribution < -0.4 is 0 Å². The summed E-state index contributed by atoms with van der Waals surface area (Å²) in [6.45, 7) is 61.5. The Kier molecular flexibility index (Phi) is 32.0. The van der Waals surface area contributed by atoms with E-state index in [1.54, 1.807) is 18.9 Å². The fraction of sp³-hybridized carbons (Fsp3) is 0.483. The summed E-state index contributed by atoms with van der Waals surface area (Å²) in [5, 5.41) is 25.1. The number of hydrogen-bond acceptors (Lipinski definition) is 11. The van der Waals surface area contributed by atoms with Gasteiger partial charge in [-0.15, -0.1) is 0 Å². The van der Waals surface area contributed by atoms with Crippen molar-refractivity contribution in [3.05, 3.63) is 225 Å². The Balaban J connectivity index is 0.000000209. The van der Waals surface area contributed by atoms with Crippen molar-refractivity contribution in [2.75, 3.05) is 0 Å². The summed E-state index contributed by atoms with van der Waals surface area (Å²) >= 11 is 0. The summed E-state index contributed by atoms with van der Waals surface area (Å²) < 4.78 is 1.85. The number of rotatable bonds is 14. The lowest BCUT2D eigenvalue weighted by Crippen LogP contribution is -2.05. The number of benzene rings is 3. The zero-order chi connectivity index (χ0) is 73.5. The van der Waals surface area contributed by atoms with E-state index in [2.05, 4.69) is 329 Å². The average Bonchev–Trinajstić information content (AvgIpc) is 0.952. The van der Waals surface area contributed by atoms with Gasteiger partial charge in [-0.2, -0.15) is 25.5 Å². The second kappa shape index (κ2) is 38.9. The first-order chi connectivity index (χ1) is 46.8. The van der Waals surface area contributed by atoms with Crippen molar-refractivity contribution in [2.45, 2.75) is 277 Å². The zero-order valence-electron chi connectivity index (χ0n) is 65.8. The van der Waals surface area contributed by atoms with Gasteiger partial charge in [-0.25, -0.2) is 19.5 Å². The number of aromatic nitrogens is 12. The van der Waals surface area contributed by atoms with Crippen LogP contribution in [0.5, 0.6) is 0 Å². The summed E-state index contributed by atoms with van der Waals surface area (Å²) in [5.74, 6) is 7.11. The molecule has 11 aromatic rings. The van der Waals surface area contributed by atoms with Crippen LogP contribution in [0.2, 0.25) is 0 Å². The van der Waals surface area contributed by atoms with Gasteiger partial charge < -0.3 is 0 Å². The minimum absolute atomic E-state index is 0.425. The number of imidazole rings is 1. The van der Waals surface area contributed by atoms with Crippen molar-refractivity contribution < 1.29 is 0 Å². The molecule has 8 heterocycles. The Morgan fingerprint density at radius 2 is 0.778 bits per heavy atom. The van der Waals surface area contributed by atoms with Crippen LogP contribution >= 0.6 is 0 Å². The van der Waals surface area contributed by atoms with Crippen LogP contribution in [-0.2, 0) is 0 Å². The molecule has 11 rings (SSSR count). The fourth-order valence-corrected chi connectivity index (χ4v) is 12.2. The molecule has 0 aliphatic heterocycles. The largest absolute Gasteiger partial charge is 0.261 e. The molecule has 8 aromatic heterocycles. The van der Waals surface area contributed by atoms with Crippen LogP contribution in [0.4, 0.5) is 0 Å². The number of nitrogens with zero attached hydrogens (tertiary/aromatic N) is 12. The minimum Gasteiger partial charge on any atom is -0.261 e. The molecule has 12 heteroatoms. The highest BCUT2D eigenvalue weighted by Gasteiger charge is 2.19. The molecule has 3 aromatic carbocycles. The second-order valence-electron chi connectivity index (χ2n) is 30.4. The number of hydrogen-bond donors (Lipinski definition) is 0. The standard InChI is InChI=1S/2C15H19N.C14H18N2.C12H17N3.C11H17N.2C10H16N2/c1-10(2)13-9-16-14-8-6-5-7-12(14)15(13)11(3)4;1-10(2)13-9-12-7-5-6-8-14(12)16-15(13)11(3)4;1-9(2)13-11-7-5-6-8-12(11)15-16-14(13)10(3)4;1-8(2)11-5-10-6-13-7-15(10)14-12(11)9(3)4;1-8(2)10-6-5-7-12-11(10)9(3)4;1-7(2)9-5-11-6-12-10(9)8(3)4;1-7(2)9-5-6-11-12-10(9)8(3)4/h2*5-11H,1-4H3;5-10H,1-4H3;5-9H,1-4H3;5-9H,1-4H3;2*5-8H,1-4H3. The van der Waals surface area contributed by atoms with Gasteiger partial charge >= 0.3 is 0 Å². The summed E-state index contributed by atoms with van der Waals surface area (Å²) in [5.41, 5.74) is 22.3. The smallest absolute Gasteiger partial charge is 0.117 e. The van der Waals surface area contributed by atoms with E-state index in [0.717, 1.165) is 33.5 Å². The van der Waals surface area contributed by atoms with E-state index < -0.39 is 0 Å². The molecule has 12 nitrogen and oxygen atoms in total. The van der Waals surface area contributed by atoms with E-state index in [0.29, 0.717) is 82.9 Å². The van der Waals surface area contributed by atoms with Gasteiger partial charge in [-0.3, -0.25) is 15.0 Å². The maximum Gasteiger partial charge on any atom is 0.117 e. The molecular weight excluding hydrogens is 1210 g/mol. The highest BCUT2D eigenvalue weighted by Crippen LogP contribution is 2.34. The Morgan fingerprint density at radius 1 is 0.293 bits per heavy atom. The molecule has 0 fully saturated rings. The number of fused-ring (bicyclic) bond motifs is 4. The molecule has 0 saturated carbocycles. The van der Waals surface area contributed by atoms with Crippen LogP contribution in [0.15, 0.2) is 147 Å². The van der Waals surface area contributed by atoms with Crippen molar-refractivity contribution in [3.8, 4) is 0 Å². The summed E-state index contributed by atoms with van der Waals surface area (Å²) in [7, 11) is 0. The monoisotopic (exact) mass is 1330 g/mol. The maximum absolute atomic E-state index is 4.80. The molecular formula is C87H122N12. The quantitative estimate of drug-likeness (QED) is 0.102. The Hall–Kier alpha value is -8.25. The number of para-hydroxylation sites is 2. The lowest BCUT2D eigenvalue weighted by atomic mass is 9.89. The molecule has 0 aliphatic rings. The zero-order valence-corrected chi connectivity index (χ0v) is 65.8. The first kappa shape index (κ1) is 81.4. The van der Waals surface area contributed by atoms with E-state index in [1.165, 1.54) is 83.4 Å². The highest BCUT2D eigenvalue weighted by molar-refractivity contribution is 5.84. The molecule has 0 radical (unpaired) electrons. The molecule has 0 spiro atoms. The van der Waals surface area contributed by atoms with Crippen molar-refractivity contribution in [2.24, 2.45) is 0 Å². The molecule has 0 saturated heterocycles. The average molecular weight is 1340 g/mol. The Morgan fingerprint density at radius 3 is 1.28 bits per heavy atom. The van der Waals surface area contributed by atoms with Crippen LogP contribution in [0, 0.1) is 0 Å². The van der Waals surface area contributed by atoms with Gasteiger partial charge in [-0.1, -0.05) is 255 Å². The van der Waals surface area contributed by atoms with Crippen LogP contribution in [-0.4, -0.2) is 59.9 Å². The summed E-state index contributed by atoms with van der Waals surface area (Å²) in [6.07, 6.45) is 12.8. The fourth-order valence-electron chi connectivity index (χ4n) is 12.2. The Bertz CT molecular complexity index is 3800. The van der Waals surface area contributed by atoms with E-state index >= 15 is 0 Å². The SMILES string of the molecule is CC(C)c1cc2ccccc2nc1C(C)C.CC(C)c1cc2cncn2nc1C(C)C.CC(C)c1cccnc1C(C)C.CC(C)c1ccnnc1C(C)C.CC(C)c1cnc2ccccc2c1C(C)C.CC(C)c1cncnc1C(C)C.CC(C)c1nnc2ccccc2c1C(C)C. The first-order valence-electron chi connectivity index (χ1n) is 36.7. The topological polar surface area (TPSA) is 146 Å². The highest BCUT2D eigenvalue weighted by atomic mass is 15.2. The predicted octanol–water partition coefficient (Wildman–Crippen LogP) is 24.6. The molecule has 0 atom stereocenters. The van der Waals surface area contributed by atoms with E-state index in [9.17, 15) is 0 Å². The summed E-state index contributed by atoms with van der Waals surface area (Å²) in [4.78, 5) is 26.2. The normalized spacial score (nSPS) is 11.5. The molecule has 99 heavy (non-hydrogen) atoms. The van der Waals surface area contributed by atoms with Gasteiger partial charge in [0, 0.05) is 58.0 Å². The first-order valence-corrected chi connectivity index (χ1v) is 36.7. The third-order valence-electron chi connectivity index (χ3n) is 17.4. The number of pyridine rings is 3. The maximum atomic E-state index is 4.80. The lowest BCUT2D eigenvalue weighted by molar-refractivity contribution is 0.715. The van der Waals surface area contributed by atoms with Gasteiger partial charge in [0.1, 0.15) is 12.7 Å². The van der Waals surface area contributed by atoms with Crippen LogP contribution in [0.1, 0.15) is 355 Å². The third kappa shape index (κ3) is 22.9. The van der Waals surface area contributed by atoms with Gasteiger partial charge in [0.2, 0.25) is 0 Å². The third-order valence-corrected chi connectivity index (χ3v) is 17.4. The Labute approximate surface area is 597 Å². The van der Waals surface area contributed by atoms with Crippen LogP contribution in [0.25, 0.3) is 38.2 Å². The molecule has 0 aliphatic carbocycles. The molecule has 0 bridgehead atoms. The van der Waals surface area contributed by atoms with Crippen molar-refractivity contribution in [1.29, 1.82) is 0 Å². The summed E-state index contributed by atoms with van der Waals surface area (Å²) in [6, 6.07) is 35.8. The van der Waals surface area contributed by atoms with Gasteiger partial charge in [0.05, 0.1) is 45.3 Å². The van der Waals surface area contributed by atoms with Gasteiger partial charge in [0.15, 0.2) is 0 Å². The van der Waals surface area contributed by atoms with Crippen molar-refractivity contribution in [3.63, 3.8) is 0 Å². The van der Waals surface area contributed by atoms with Gasteiger partial charge in [0.25, 0.3) is 0 Å². The predicted molar refractivity (Wildman–Crippen MR) is 422 cm³/mol. The molecule has 0 amide bonds. The van der Waals surface area contributed by atoms with E-state index in [4.69, 9.17) is 4.98 Å². The minimum atomic E-state index is 0.425. The van der Waals surface area contributed by atoms with E-state index in [-0.39, 0.29) is 0 Å². The van der Waals surface area contributed by atoms with Gasteiger partial charge in [-0.05, 0) is 170 Å². The van der Waals surface area contributed by atoms with Crippen LogP contribution in [0.3, 0.4) is 0 Å². The molecule has 0 N–H and O–H groups in total. The molecule has 530 valence electrons. The lowest BCUT2D eigenvalue weighted by Gasteiger charge is -2.17. The van der Waals surface area contributed by atoms with Crippen molar-refractivity contribution in [1.82, 2.24) is 59.9 Å². The molecule has 0 unspecified atom stereocenters. The second-order valence-corrected chi connectivity index (χ2v) is 30.4.